The molecule has 5 heteroatoms. The molecule has 0 aliphatic carbocycles. The molecule has 1 atom stereocenters. The molecule has 1 aromatic carbocycles. The lowest BCUT2D eigenvalue weighted by molar-refractivity contribution is 0.154. The van der Waals surface area contributed by atoms with Crippen LogP contribution in [0.15, 0.2) is 18.2 Å². The van der Waals surface area contributed by atoms with Gasteiger partial charge in [0.1, 0.15) is 5.82 Å². The van der Waals surface area contributed by atoms with Gasteiger partial charge in [0.25, 0.3) is 0 Å². The third-order valence-corrected chi connectivity index (χ3v) is 3.89. The maximum absolute atomic E-state index is 13.5. The van der Waals surface area contributed by atoms with Crippen LogP contribution < -0.4 is 5.32 Å². The largest absolute Gasteiger partial charge is 0.396 e. The van der Waals surface area contributed by atoms with Crippen LogP contribution in [0, 0.1) is 5.82 Å². The first-order valence-electron chi connectivity index (χ1n) is 6.73. The van der Waals surface area contributed by atoms with Gasteiger partial charge in [0.05, 0.1) is 0 Å². The first kappa shape index (κ1) is 14.7. The third-order valence-electron chi connectivity index (χ3n) is 3.55. The van der Waals surface area contributed by atoms with Crippen molar-refractivity contribution in [3.05, 3.63) is 34.6 Å². The number of aliphatic hydroxyl groups is 1. The van der Waals surface area contributed by atoms with Gasteiger partial charge in [-0.05, 0) is 36.6 Å². The highest BCUT2D eigenvalue weighted by atomic mass is 35.5. The Morgan fingerprint density at radius 2 is 2.11 bits per heavy atom. The molecule has 3 nitrogen and oxygen atoms in total. The van der Waals surface area contributed by atoms with Crippen molar-refractivity contribution >= 4 is 11.6 Å². The van der Waals surface area contributed by atoms with Crippen molar-refractivity contribution in [1.82, 2.24) is 10.2 Å². The summed E-state index contributed by atoms with van der Waals surface area (Å²) in [6, 6.07) is 4.59. The molecule has 1 fully saturated rings. The second-order valence-corrected chi connectivity index (χ2v) is 5.24. The second-order valence-electron chi connectivity index (χ2n) is 4.83. The van der Waals surface area contributed by atoms with Gasteiger partial charge in [-0.2, -0.15) is 0 Å². The number of aliphatic hydroxyl groups excluding tert-OH is 1. The fraction of sp³-hybridized carbons (Fsp3) is 0.571. The van der Waals surface area contributed by atoms with E-state index in [1.54, 1.807) is 6.07 Å². The molecule has 0 amide bonds. The molecule has 19 heavy (non-hydrogen) atoms. The zero-order valence-corrected chi connectivity index (χ0v) is 11.7. The fourth-order valence-corrected chi connectivity index (χ4v) is 2.83. The van der Waals surface area contributed by atoms with E-state index in [2.05, 4.69) is 10.2 Å². The molecule has 106 valence electrons. The minimum atomic E-state index is -0.261. The Morgan fingerprint density at radius 1 is 1.37 bits per heavy atom. The van der Waals surface area contributed by atoms with Gasteiger partial charge in [-0.15, -0.1) is 0 Å². The molecule has 0 radical (unpaired) electrons. The number of nitrogens with zero attached hydrogens (tertiary/aromatic N) is 1. The van der Waals surface area contributed by atoms with Gasteiger partial charge in [0.2, 0.25) is 0 Å². The van der Waals surface area contributed by atoms with Crippen LogP contribution in [0.5, 0.6) is 0 Å². The molecule has 0 aromatic heterocycles. The molecule has 1 aromatic rings. The van der Waals surface area contributed by atoms with Gasteiger partial charge < -0.3 is 10.4 Å². The summed E-state index contributed by atoms with van der Waals surface area (Å²) in [5.41, 5.74) is 0.831. The van der Waals surface area contributed by atoms with Crippen LogP contribution in [-0.4, -0.2) is 42.8 Å². The lowest BCUT2D eigenvalue weighted by Crippen LogP contribution is -2.45. The van der Waals surface area contributed by atoms with Crippen molar-refractivity contribution in [3.63, 3.8) is 0 Å². The summed E-state index contributed by atoms with van der Waals surface area (Å²) in [6.07, 6.45) is 1.49. The molecule has 2 rings (SSSR count). The van der Waals surface area contributed by atoms with E-state index in [0.717, 1.165) is 38.2 Å². The molecule has 0 unspecified atom stereocenters. The van der Waals surface area contributed by atoms with E-state index in [-0.39, 0.29) is 18.5 Å². The average Bonchev–Trinajstić information content (AvgIpc) is 2.44. The predicted octanol–water partition coefficient (Wildman–Crippen LogP) is 2.20. The Bertz CT molecular complexity index is 410. The van der Waals surface area contributed by atoms with Crippen molar-refractivity contribution in [2.45, 2.75) is 18.9 Å². The fourth-order valence-electron chi connectivity index (χ4n) is 2.58. The van der Waals surface area contributed by atoms with Gasteiger partial charge >= 0.3 is 0 Å². The smallest absolute Gasteiger partial charge is 0.123 e. The standard InChI is InChI=1S/C14H20ClFN2O/c15-13-4-3-11(16)10-12(13)14(2-1-9-19)18-7-5-17-6-8-18/h3-4,10,14,17,19H,1-2,5-9H2/t14-/m1/s1. The van der Waals surface area contributed by atoms with Crippen molar-refractivity contribution in [2.75, 3.05) is 32.8 Å². The Balaban J connectivity index is 2.22. The topological polar surface area (TPSA) is 35.5 Å². The van der Waals surface area contributed by atoms with Crippen molar-refractivity contribution in [3.8, 4) is 0 Å². The zero-order chi connectivity index (χ0) is 13.7. The van der Waals surface area contributed by atoms with Gasteiger partial charge in [0.15, 0.2) is 0 Å². The van der Waals surface area contributed by atoms with E-state index in [4.69, 9.17) is 16.7 Å². The Hall–Kier alpha value is -0.680. The van der Waals surface area contributed by atoms with Crippen LogP contribution >= 0.6 is 11.6 Å². The monoisotopic (exact) mass is 286 g/mol. The zero-order valence-electron chi connectivity index (χ0n) is 10.9. The van der Waals surface area contributed by atoms with E-state index in [1.807, 2.05) is 0 Å². The Labute approximate surface area is 118 Å². The highest BCUT2D eigenvalue weighted by Crippen LogP contribution is 2.32. The van der Waals surface area contributed by atoms with Crippen LogP contribution in [0.2, 0.25) is 5.02 Å². The molecular formula is C14H20ClFN2O. The van der Waals surface area contributed by atoms with E-state index < -0.39 is 0 Å². The lowest BCUT2D eigenvalue weighted by Gasteiger charge is -2.35. The quantitative estimate of drug-likeness (QED) is 0.871. The van der Waals surface area contributed by atoms with Gasteiger partial charge in [0, 0.05) is 43.9 Å². The highest BCUT2D eigenvalue weighted by Gasteiger charge is 2.23. The maximum atomic E-state index is 13.5. The molecular weight excluding hydrogens is 267 g/mol. The lowest BCUT2D eigenvalue weighted by atomic mass is 9.99. The van der Waals surface area contributed by atoms with Crippen LogP contribution in [0.3, 0.4) is 0 Å². The number of halogens is 2. The molecule has 1 heterocycles. The highest BCUT2D eigenvalue weighted by molar-refractivity contribution is 6.31. The van der Waals surface area contributed by atoms with Crippen molar-refractivity contribution < 1.29 is 9.50 Å². The first-order valence-corrected chi connectivity index (χ1v) is 7.10. The number of piperazine rings is 1. The van der Waals surface area contributed by atoms with E-state index in [9.17, 15) is 4.39 Å². The van der Waals surface area contributed by atoms with Crippen LogP contribution in [-0.2, 0) is 0 Å². The number of hydrogen-bond donors (Lipinski definition) is 2. The molecule has 1 saturated heterocycles. The molecule has 0 spiro atoms. The summed E-state index contributed by atoms with van der Waals surface area (Å²) in [5, 5.41) is 13.0. The SMILES string of the molecule is OCCC[C@H](c1cc(F)ccc1Cl)N1CCNCC1. The maximum Gasteiger partial charge on any atom is 0.123 e. The number of benzene rings is 1. The minimum Gasteiger partial charge on any atom is -0.396 e. The van der Waals surface area contributed by atoms with Crippen LogP contribution in [0.1, 0.15) is 24.4 Å². The predicted molar refractivity (Wildman–Crippen MR) is 74.9 cm³/mol. The third kappa shape index (κ3) is 3.89. The number of nitrogens with one attached hydrogen (secondary N) is 1. The normalized spacial score (nSPS) is 18.5. The van der Waals surface area contributed by atoms with Gasteiger partial charge in [-0.3, -0.25) is 4.90 Å². The molecule has 1 aliphatic rings. The Morgan fingerprint density at radius 3 is 2.79 bits per heavy atom. The van der Waals surface area contributed by atoms with Gasteiger partial charge in [-0.25, -0.2) is 4.39 Å². The molecule has 0 bridgehead atoms. The van der Waals surface area contributed by atoms with Gasteiger partial charge in [-0.1, -0.05) is 11.6 Å². The van der Waals surface area contributed by atoms with Crippen LogP contribution in [0.4, 0.5) is 4.39 Å². The van der Waals surface area contributed by atoms with E-state index in [1.165, 1.54) is 12.1 Å². The van der Waals surface area contributed by atoms with Crippen molar-refractivity contribution in [1.29, 1.82) is 0 Å². The molecule has 1 aliphatic heterocycles. The van der Waals surface area contributed by atoms with Crippen LogP contribution in [0.25, 0.3) is 0 Å². The minimum absolute atomic E-state index is 0.0810. The summed E-state index contributed by atoms with van der Waals surface area (Å²) in [4.78, 5) is 2.31. The number of rotatable bonds is 5. The van der Waals surface area contributed by atoms with Crippen molar-refractivity contribution in [2.24, 2.45) is 0 Å². The summed E-state index contributed by atoms with van der Waals surface area (Å²) >= 11 is 6.22. The summed E-state index contributed by atoms with van der Waals surface area (Å²) in [5.74, 6) is -0.261. The summed E-state index contributed by atoms with van der Waals surface area (Å²) in [6.45, 7) is 3.85. The number of hydrogen-bond acceptors (Lipinski definition) is 3. The molecule has 2 N–H and O–H groups in total. The van der Waals surface area contributed by atoms with E-state index >= 15 is 0 Å². The summed E-state index contributed by atoms with van der Waals surface area (Å²) < 4.78 is 13.5. The first-order chi connectivity index (χ1) is 9.22. The molecule has 0 saturated carbocycles. The second kappa shape index (κ2) is 7.20. The Kier molecular flexibility index (Phi) is 5.58. The van der Waals surface area contributed by atoms with E-state index in [0.29, 0.717) is 11.4 Å². The summed E-state index contributed by atoms with van der Waals surface area (Å²) in [7, 11) is 0. The average molecular weight is 287 g/mol.